The zero-order valence-corrected chi connectivity index (χ0v) is 12.2. The highest BCUT2D eigenvalue weighted by Gasteiger charge is 2.07. The summed E-state index contributed by atoms with van der Waals surface area (Å²) in [4.78, 5) is 26.2. The second-order valence-corrected chi connectivity index (χ2v) is 4.88. The number of aryl methyl sites for hydroxylation is 2. The van der Waals surface area contributed by atoms with Crippen molar-refractivity contribution in [3.8, 4) is 0 Å². The van der Waals surface area contributed by atoms with E-state index in [0.717, 1.165) is 17.0 Å². The Hall–Kier alpha value is -2.50. The molecule has 112 valence electrons. The third-order valence-electron chi connectivity index (χ3n) is 3.16. The van der Waals surface area contributed by atoms with Gasteiger partial charge in [-0.25, -0.2) is 4.79 Å². The van der Waals surface area contributed by atoms with Gasteiger partial charge < -0.3 is 20.0 Å². The number of pyridine rings is 1. The second-order valence-electron chi connectivity index (χ2n) is 4.88. The van der Waals surface area contributed by atoms with Gasteiger partial charge in [-0.05, 0) is 37.6 Å². The summed E-state index contributed by atoms with van der Waals surface area (Å²) in [5.41, 5.74) is 2.08. The van der Waals surface area contributed by atoms with Crippen molar-refractivity contribution in [2.75, 3.05) is 6.54 Å². The molecule has 0 radical (unpaired) electrons. The Balaban J connectivity index is 1.80. The molecule has 0 fully saturated rings. The van der Waals surface area contributed by atoms with Gasteiger partial charge in [-0.3, -0.25) is 4.79 Å². The molecule has 2 heterocycles. The third kappa shape index (κ3) is 4.24. The van der Waals surface area contributed by atoms with E-state index in [-0.39, 0.29) is 18.1 Å². The first-order valence-electron chi connectivity index (χ1n) is 6.79. The van der Waals surface area contributed by atoms with E-state index in [1.165, 1.54) is 0 Å². The molecule has 0 bridgehead atoms. The fourth-order valence-corrected chi connectivity index (χ4v) is 2.09. The van der Waals surface area contributed by atoms with Crippen molar-refractivity contribution in [2.45, 2.75) is 26.8 Å². The van der Waals surface area contributed by atoms with Crippen LogP contribution in [0, 0.1) is 13.8 Å². The lowest BCUT2D eigenvalue weighted by Crippen LogP contribution is -2.37. The summed E-state index contributed by atoms with van der Waals surface area (Å²) in [6, 6.07) is 5.24. The number of H-pyrrole nitrogens is 1. The average Bonchev–Trinajstić information content (AvgIpc) is 2.90. The number of hydrogen-bond acceptors (Lipinski definition) is 3. The Kier molecular flexibility index (Phi) is 4.81. The van der Waals surface area contributed by atoms with Crippen molar-refractivity contribution in [3.63, 3.8) is 0 Å². The van der Waals surface area contributed by atoms with Gasteiger partial charge in [0.15, 0.2) is 0 Å². The van der Waals surface area contributed by atoms with E-state index in [4.69, 9.17) is 4.42 Å². The van der Waals surface area contributed by atoms with Gasteiger partial charge in [0.1, 0.15) is 5.76 Å². The van der Waals surface area contributed by atoms with Gasteiger partial charge in [0.2, 0.25) is 0 Å². The molecule has 0 spiro atoms. The van der Waals surface area contributed by atoms with Gasteiger partial charge in [-0.2, -0.15) is 0 Å². The maximum atomic E-state index is 11.8. The lowest BCUT2D eigenvalue weighted by atomic mass is 10.1. The van der Waals surface area contributed by atoms with Gasteiger partial charge in [0, 0.05) is 24.2 Å². The first-order valence-corrected chi connectivity index (χ1v) is 6.79. The van der Waals surface area contributed by atoms with Crippen LogP contribution in [-0.4, -0.2) is 17.6 Å². The van der Waals surface area contributed by atoms with Crippen LogP contribution in [-0.2, 0) is 13.0 Å². The standard InChI is InChI=1S/C15H19N3O3/c1-10-8-11(2)18-14(19)13(10)9-17-15(20)16-6-5-12-4-3-7-21-12/h3-4,7-8H,5-6,9H2,1-2H3,(H,18,19)(H2,16,17,20). The van der Waals surface area contributed by atoms with Crippen molar-refractivity contribution in [1.82, 2.24) is 15.6 Å². The normalized spacial score (nSPS) is 10.4. The van der Waals surface area contributed by atoms with Gasteiger partial charge in [-0.1, -0.05) is 0 Å². The minimum absolute atomic E-state index is 0.164. The van der Waals surface area contributed by atoms with Crippen molar-refractivity contribution >= 4 is 6.03 Å². The summed E-state index contributed by atoms with van der Waals surface area (Å²) in [5, 5.41) is 5.40. The van der Waals surface area contributed by atoms with Crippen LogP contribution < -0.4 is 16.2 Å². The monoisotopic (exact) mass is 289 g/mol. The third-order valence-corrected chi connectivity index (χ3v) is 3.16. The number of amides is 2. The van der Waals surface area contributed by atoms with E-state index in [0.29, 0.717) is 18.5 Å². The van der Waals surface area contributed by atoms with Crippen molar-refractivity contribution < 1.29 is 9.21 Å². The fourth-order valence-electron chi connectivity index (χ4n) is 2.09. The Bertz CT molecular complexity index is 659. The molecule has 0 unspecified atom stereocenters. The molecule has 0 aliphatic carbocycles. The minimum Gasteiger partial charge on any atom is -0.469 e. The molecule has 2 rings (SSSR count). The van der Waals surface area contributed by atoms with E-state index in [1.807, 2.05) is 32.0 Å². The second kappa shape index (κ2) is 6.78. The van der Waals surface area contributed by atoms with Crippen molar-refractivity contribution in [3.05, 3.63) is 57.4 Å². The van der Waals surface area contributed by atoms with E-state index in [2.05, 4.69) is 15.6 Å². The molecule has 21 heavy (non-hydrogen) atoms. The van der Waals surface area contributed by atoms with Crippen LogP contribution in [0.2, 0.25) is 0 Å². The van der Waals surface area contributed by atoms with Crippen LogP contribution in [0.4, 0.5) is 4.79 Å². The predicted molar refractivity (Wildman–Crippen MR) is 79.2 cm³/mol. The molecule has 0 atom stereocenters. The first kappa shape index (κ1) is 14.9. The van der Waals surface area contributed by atoms with Crippen LogP contribution >= 0.6 is 0 Å². The van der Waals surface area contributed by atoms with Crippen molar-refractivity contribution in [1.29, 1.82) is 0 Å². The van der Waals surface area contributed by atoms with Crippen LogP contribution in [0.25, 0.3) is 0 Å². The number of rotatable bonds is 5. The highest BCUT2D eigenvalue weighted by Crippen LogP contribution is 2.03. The summed E-state index contributed by atoms with van der Waals surface area (Å²) >= 11 is 0. The highest BCUT2D eigenvalue weighted by atomic mass is 16.3. The number of hydrogen-bond donors (Lipinski definition) is 3. The molecule has 6 heteroatoms. The average molecular weight is 289 g/mol. The van der Waals surface area contributed by atoms with Gasteiger partial charge >= 0.3 is 6.03 Å². The van der Waals surface area contributed by atoms with Crippen LogP contribution in [0.1, 0.15) is 22.6 Å². The Morgan fingerprint density at radius 2 is 2.14 bits per heavy atom. The van der Waals surface area contributed by atoms with Crippen LogP contribution in [0.3, 0.4) is 0 Å². The van der Waals surface area contributed by atoms with Gasteiger partial charge in [0.25, 0.3) is 5.56 Å². The minimum atomic E-state index is -0.305. The van der Waals surface area contributed by atoms with Gasteiger partial charge in [-0.15, -0.1) is 0 Å². The number of aromatic amines is 1. The van der Waals surface area contributed by atoms with Crippen LogP contribution in [0.5, 0.6) is 0 Å². The van der Waals surface area contributed by atoms with E-state index < -0.39 is 0 Å². The van der Waals surface area contributed by atoms with Gasteiger partial charge in [0.05, 0.1) is 12.8 Å². The SMILES string of the molecule is Cc1cc(C)c(CNC(=O)NCCc2ccco2)c(=O)[nH]1. The van der Waals surface area contributed by atoms with E-state index in [1.54, 1.807) is 6.26 Å². The Morgan fingerprint density at radius 1 is 1.33 bits per heavy atom. The first-order chi connectivity index (χ1) is 10.1. The molecule has 2 aromatic heterocycles. The number of nitrogens with one attached hydrogen (secondary N) is 3. The predicted octanol–water partition coefficient (Wildman–Crippen LogP) is 1.63. The Labute approximate surface area is 122 Å². The lowest BCUT2D eigenvalue weighted by molar-refractivity contribution is 0.240. The largest absolute Gasteiger partial charge is 0.469 e. The molecule has 0 aliphatic rings. The highest BCUT2D eigenvalue weighted by molar-refractivity contribution is 5.73. The summed E-state index contributed by atoms with van der Waals surface area (Å²) in [6.45, 7) is 4.36. The summed E-state index contributed by atoms with van der Waals surface area (Å²) < 4.78 is 5.17. The number of furan rings is 1. The number of aromatic nitrogens is 1. The quantitative estimate of drug-likeness (QED) is 0.781. The van der Waals surface area contributed by atoms with Crippen molar-refractivity contribution in [2.24, 2.45) is 0 Å². The number of carbonyl (C=O) groups is 1. The van der Waals surface area contributed by atoms with E-state index >= 15 is 0 Å². The number of carbonyl (C=O) groups excluding carboxylic acids is 1. The fraction of sp³-hybridized carbons (Fsp3) is 0.333. The molecule has 0 aliphatic heterocycles. The molecule has 3 N–H and O–H groups in total. The Morgan fingerprint density at radius 3 is 2.81 bits per heavy atom. The summed E-state index contributed by atoms with van der Waals surface area (Å²) in [5.74, 6) is 0.820. The smallest absolute Gasteiger partial charge is 0.315 e. The molecule has 6 nitrogen and oxygen atoms in total. The van der Waals surface area contributed by atoms with Crippen LogP contribution in [0.15, 0.2) is 33.7 Å². The molecule has 2 amide bonds. The molecular weight excluding hydrogens is 270 g/mol. The maximum Gasteiger partial charge on any atom is 0.315 e. The molecule has 2 aromatic rings. The zero-order chi connectivity index (χ0) is 15.2. The lowest BCUT2D eigenvalue weighted by Gasteiger charge is -2.09. The molecule has 0 saturated carbocycles. The maximum absolute atomic E-state index is 11.8. The molecule has 0 aromatic carbocycles. The zero-order valence-electron chi connectivity index (χ0n) is 12.2. The van der Waals surface area contributed by atoms with E-state index in [9.17, 15) is 9.59 Å². The molecular formula is C15H19N3O3. The summed E-state index contributed by atoms with van der Waals surface area (Å²) in [6.07, 6.45) is 2.23. The molecule has 0 saturated heterocycles. The summed E-state index contributed by atoms with van der Waals surface area (Å²) in [7, 11) is 0. The number of urea groups is 1. The topological polar surface area (TPSA) is 87.1 Å².